The van der Waals surface area contributed by atoms with E-state index >= 15 is 0 Å². The summed E-state index contributed by atoms with van der Waals surface area (Å²) in [6.07, 6.45) is -0.190. The molecule has 0 aliphatic carbocycles. The molecule has 1 heterocycles. The average molecular weight is 397 g/mol. The van der Waals surface area contributed by atoms with Crippen molar-refractivity contribution in [1.29, 1.82) is 0 Å². The van der Waals surface area contributed by atoms with E-state index in [2.05, 4.69) is 21.6 Å². The third-order valence-corrected chi connectivity index (χ3v) is 4.79. The predicted molar refractivity (Wildman–Crippen MR) is 110 cm³/mol. The molecule has 0 saturated heterocycles. The summed E-state index contributed by atoms with van der Waals surface area (Å²) in [6.45, 7) is 3.92. The molecule has 0 fully saturated rings. The van der Waals surface area contributed by atoms with Gasteiger partial charge >= 0.3 is 0 Å². The molecule has 29 heavy (non-hydrogen) atoms. The van der Waals surface area contributed by atoms with E-state index in [1.54, 1.807) is 7.11 Å². The van der Waals surface area contributed by atoms with Gasteiger partial charge in [0, 0.05) is 44.2 Å². The number of ether oxygens (including phenoxy) is 2. The molecule has 1 aliphatic heterocycles. The number of para-hydroxylation sites is 2. The van der Waals surface area contributed by atoms with E-state index < -0.39 is 0 Å². The molecule has 2 aromatic carbocycles. The van der Waals surface area contributed by atoms with Crippen LogP contribution in [-0.2, 0) is 16.1 Å². The molecule has 0 aromatic heterocycles. The van der Waals surface area contributed by atoms with Crippen LogP contribution in [0.15, 0.2) is 48.5 Å². The first-order valence-corrected chi connectivity index (χ1v) is 9.67. The van der Waals surface area contributed by atoms with Gasteiger partial charge in [-0.05, 0) is 12.1 Å². The summed E-state index contributed by atoms with van der Waals surface area (Å²) >= 11 is 0. The highest BCUT2D eigenvalue weighted by Gasteiger charge is 2.26. The number of fused-ring (bicyclic) bond motifs is 1. The van der Waals surface area contributed by atoms with Gasteiger partial charge in [-0.25, -0.2) is 0 Å². The van der Waals surface area contributed by atoms with Crippen molar-refractivity contribution in [3.05, 3.63) is 59.7 Å². The van der Waals surface area contributed by atoms with Crippen molar-refractivity contribution in [2.24, 2.45) is 0 Å². The Morgan fingerprint density at radius 1 is 1.14 bits per heavy atom. The molecule has 7 heteroatoms. The van der Waals surface area contributed by atoms with Gasteiger partial charge in [0.2, 0.25) is 11.8 Å². The van der Waals surface area contributed by atoms with Gasteiger partial charge in [0.05, 0.1) is 13.7 Å². The monoisotopic (exact) mass is 397 g/mol. The van der Waals surface area contributed by atoms with E-state index in [1.165, 1.54) is 6.92 Å². The first-order valence-electron chi connectivity index (χ1n) is 9.67. The molecule has 7 nitrogen and oxygen atoms in total. The summed E-state index contributed by atoms with van der Waals surface area (Å²) in [4.78, 5) is 25.0. The number of nitrogens with one attached hydrogen (secondary N) is 2. The molecule has 0 radical (unpaired) electrons. The quantitative estimate of drug-likeness (QED) is 0.746. The highest BCUT2D eigenvalue weighted by molar-refractivity contribution is 5.83. The Bertz CT molecular complexity index is 855. The number of methoxy groups -OCH3 is 1. The molecule has 2 N–H and O–H groups in total. The lowest BCUT2D eigenvalue weighted by atomic mass is 10.1. The molecule has 1 atom stereocenters. The van der Waals surface area contributed by atoms with Crippen molar-refractivity contribution in [3.8, 4) is 11.5 Å². The fraction of sp³-hybridized carbons (Fsp3) is 0.364. The Hall–Kier alpha value is -3.06. The molecule has 1 aliphatic rings. The largest absolute Gasteiger partial charge is 0.496 e. The van der Waals surface area contributed by atoms with E-state index in [-0.39, 0.29) is 24.5 Å². The average Bonchev–Trinajstić information content (AvgIpc) is 2.91. The van der Waals surface area contributed by atoms with Crippen LogP contribution >= 0.6 is 0 Å². The smallest absolute Gasteiger partial charge is 0.239 e. The molecule has 2 aromatic rings. The van der Waals surface area contributed by atoms with Crippen molar-refractivity contribution in [2.75, 3.05) is 33.3 Å². The van der Waals surface area contributed by atoms with Crippen molar-refractivity contribution in [3.63, 3.8) is 0 Å². The highest BCUT2D eigenvalue weighted by Crippen LogP contribution is 2.34. The van der Waals surface area contributed by atoms with E-state index in [0.29, 0.717) is 19.6 Å². The number of amides is 2. The molecule has 154 valence electrons. The first-order chi connectivity index (χ1) is 14.1. The van der Waals surface area contributed by atoms with Gasteiger partial charge in [-0.1, -0.05) is 36.4 Å². The lowest BCUT2D eigenvalue weighted by molar-refractivity contribution is -0.125. The first kappa shape index (κ1) is 20.7. The minimum absolute atomic E-state index is 0.00881. The molecule has 3 rings (SSSR count). The van der Waals surface area contributed by atoms with Gasteiger partial charge in [0.25, 0.3) is 0 Å². The van der Waals surface area contributed by atoms with Crippen LogP contribution in [0.25, 0.3) is 0 Å². The number of hydrogen-bond donors (Lipinski definition) is 2. The number of nitrogens with zero attached hydrogens (tertiary/aromatic N) is 1. The van der Waals surface area contributed by atoms with E-state index in [1.807, 2.05) is 42.5 Å². The number of benzene rings is 2. The summed E-state index contributed by atoms with van der Waals surface area (Å²) in [5.41, 5.74) is 2.10. The van der Waals surface area contributed by atoms with Crippen molar-refractivity contribution in [1.82, 2.24) is 15.5 Å². The van der Waals surface area contributed by atoms with Crippen LogP contribution in [0, 0.1) is 0 Å². The summed E-state index contributed by atoms with van der Waals surface area (Å²) in [5, 5.41) is 5.35. The molecular weight excluding hydrogens is 370 g/mol. The van der Waals surface area contributed by atoms with Crippen molar-refractivity contribution in [2.45, 2.75) is 19.6 Å². The third-order valence-electron chi connectivity index (χ3n) is 4.79. The standard InChI is InChI=1S/C22H27N3O4/c1-16(26)24-13-22(27)23-11-12-25-14-17-7-3-5-9-19(17)29-21(15-25)18-8-4-6-10-20(18)28-2/h3-10,21H,11-15H2,1-2H3,(H,23,27)(H,24,26). The van der Waals surface area contributed by atoms with Gasteiger partial charge in [0.1, 0.15) is 17.6 Å². The minimum atomic E-state index is -0.221. The minimum Gasteiger partial charge on any atom is -0.496 e. The van der Waals surface area contributed by atoms with Crippen LogP contribution in [0.2, 0.25) is 0 Å². The number of carbonyl (C=O) groups excluding carboxylic acids is 2. The molecule has 0 bridgehead atoms. The lowest BCUT2D eigenvalue weighted by Gasteiger charge is -2.25. The number of carbonyl (C=O) groups is 2. The molecular formula is C22H27N3O4. The molecule has 0 spiro atoms. The van der Waals surface area contributed by atoms with Gasteiger partial charge in [-0.15, -0.1) is 0 Å². The van der Waals surface area contributed by atoms with Gasteiger partial charge in [0.15, 0.2) is 0 Å². The van der Waals surface area contributed by atoms with E-state index in [9.17, 15) is 9.59 Å². The molecule has 1 unspecified atom stereocenters. The zero-order valence-electron chi connectivity index (χ0n) is 16.8. The fourth-order valence-corrected chi connectivity index (χ4v) is 3.37. The Kier molecular flexibility index (Phi) is 7.08. The normalized spacial score (nSPS) is 16.1. The Morgan fingerprint density at radius 2 is 1.90 bits per heavy atom. The zero-order chi connectivity index (χ0) is 20.6. The van der Waals surface area contributed by atoms with Crippen LogP contribution < -0.4 is 20.1 Å². The van der Waals surface area contributed by atoms with E-state index in [0.717, 1.165) is 29.2 Å². The fourth-order valence-electron chi connectivity index (χ4n) is 3.37. The topological polar surface area (TPSA) is 79.9 Å². The van der Waals surface area contributed by atoms with Crippen molar-refractivity contribution < 1.29 is 19.1 Å². The Balaban J connectivity index is 1.70. The number of rotatable bonds is 7. The van der Waals surface area contributed by atoms with E-state index in [4.69, 9.17) is 9.47 Å². The molecule has 0 saturated carbocycles. The SMILES string of the molecule is COc1ccccc1C1CN(CCNC(=O)CNC(C)=O)Cc2ccccc2O1. The predicted octanol–water partition coefficient (Wildman–Crippen LogP) is 1.88. The second-order valence-electron chi connectivity index (χ2n) is 6.95. The second kappa shape index (κ2) is 9.93. The highest BCUT2D eigenvalue weighted by atomic mass is 16.5. The third kappa shape index (κ3) is 5.71. The Labute approximate surface area is 171 Å². The maximum absolute atomic E-state index is 11.8. The van der Waals surface area contributed by atoms with Gasteiger partial charge in [-0.2, -0.15) is 0 Å². The van der Waals surface area contributed by atoms with Crippen LogP contribution in [0.3, 0.4) is 0 Å². The van der Waals surface area contributed by atoms with Crippen LogP contribution in [0.4, 0.5) is 0 Å². The maximum atomic E-state index is 11.8. The second-order valence-corrected chi connectivity index (χ2v) is 6.95. The maximum Gasteiger partial charge on any atom is 0.239 e. The lowest BCUT2D eigenvalue weighted by Crippen LogP contribution is -2.40. The van der Waals surface area contributed by atoms with Crippen LogP contribution in [0.1, 0.15) is 24.2 Å². The summed E-state index contributed by atoms with van der Waals surface area (Å²) in [5.74, 6) is 1.23. The summed E-state index contributed by atoms with van der Waals surface area (Å²) in [7, 11) is 1.66. The summed E-state index contributed by atoms with van der Waals surface area (Å²) < 4.78 is 11.9. The zero-order valence-corrected chi connectivity index (χ0v) is 16.8. The van der Waals surface area contributed by atoms with Gasteiger partial charge in [-0.3, -0.25) is 14.5 Å². The van der Waals surface area contributed by atoms with Gasteiger partial charge < -0.3 is 20.1 Å². The number of hydrogen-bond acceptors (Lipinski definition) is 5. The van der Waals surface area contributed by atoms with Crippen molar-refractivity contribution >= 4 is 11.8 Å². The summed E-state index contributed by atoms with van der Waals surface area (Å²) in [6, 6.07) is 15.9. The van der Waals surface area contributed by atoms with Crippen LogP contribution in [-0.4, -0.2) is 50.0 Å². The van der Waals surface area contributed by atoms with Crippen LogP contribution in [0.5, 0.6) is 11.5 Å². The molecule has 2 amide bonds. The Morgan fingerprint density at radius 3 is 2.69 bits per heavy atom.